The zero-order valence-corrected chi connectivity index (χ0v) is 19.4. The minimum Gasteiger partial charge on any atom is -0.439 e. The van der Waals surface area contributed by atoms with Crippen LogP contribution in [0.25, 0.3) is 21.7 Å². The lowest BCUT2D eigenvalue weighted by Gasteiger charge is -2.27. The van der Waals surface area contributed by atoms with Crippen molar-refractivity contribution in [1.82, 2.24) is 15.3 Å². The van der Waals surface area contributed by atoms with Crippen molar-refractivity contribution < 1.29 is 9.21 Å². The number of amides is 1. The molecule has 0 atom stereocenters. The van der Waals surface area contributed by atoms with Crippen LogP contribution in [0.4, 0.5) is 5.88 Å². The molecule has 0 saturated carbocycles. The Morgan fingerprint density at radius 2 is 2.00 bits per heavy atom. The van der Waals surface area contributed by atoms with Crippen LogP contribution in [0, 0.1) is 12.3 Å². The number of hydrogen-bond donors (Lipinski definition) is 3. The normalized spacial score (nSPS) is 13.3. The third-order valence-corrected chi connectivity index (χ3v) is 6.40. The second kappa shape index (κ2) is 10.4. The van der Waals surface area contributed by atoms with E-state index >= 15 is 0 Å². The first kappa shape index (κ1) is 23.3. The van der Waals surface area contributed by atoms with E-state index < -0.39 is 0 Å². The lowest BCUT2D eigenvalue weighted by molar-refractivity contribution is -0.106. The standard InChI is InChI=1S/C23H21N5O2S.CH3NO/c1-14-4-2-3-5-15(14)20(24)17-6-7-26-23(27-17)16-13-31-22-18(29)12-19(30-21(16)22)28-10-8-25-9-11-28;2-1-3/h2-7,12-13,24-25H,8-11H2,1H3;1H,(H2,2,3). The Morgan fingerprint density at radius 3 is 2.74 bits per heavy atom. The van der Waals surface area contributed by atoms with Gasteiger partial charge in [-0.25, -0.2) is 9.97 Å². The molecule has 1 aliphatic heterocycles. The molecule has 0 radical (unpaired) electrons. The van der Waals surface area contributed by atoms with E-state index in [1.54, 1.807) is 18.3 Å². The van der Waals surface area contributed by atoms with Gasteiger partial charge in [0.15, 0.2) is 17.3 Å². The number of hydrogen-bond acceptors (Lipinski definition) is 9. The summed E-state index contributed by atoms with van der Waals surface area (Å²) in [5.74, 6) is 1.02. The zero-order valence-electron chi connectivity index (χ0n) is 18.6. The summed E-state index contributed by atoms with van der Waals surface area (Å²) < 4.78 is 6.74. The molecule has 4 heterocycles. The van der Waals surface area contributed by atoms with E-state index in [0.29, 0.717) is 39.0 Å². The lowest BCUT2D eigenvalue weighted by Crippen LogP contribution is -2.43. The first-order valence-electron chi connectivity index (χ1n) is 10.7. The summed E-state index contributed by atoms with van der Waals surface area (Å²) in [5, 5.41) is 13.8. The van der Waals surface area contributed by atoms with E-state index in [1.165, 1.54) is 11.3 Å². The summed E-state index contributed by atoms with van der Waals surface area (Å²) in [6.07, 6.45) is 1.90. The number of benzene rings is 1. The monoisotopic (exact) mass is 476 g/mol. The van der Waals surface area contributed by atoms with Crippen molar-refractivity contribution >= 4 is 39.6 Å². The molecule has 1 saturated heterocycles. The average Bonchev–Trinajstić information content (AvgIpc) is 3.30. The van der Waals surface area contributed by atoms with Gasteiger partial charge in [0, 0.05) is 49.4 Å². The Kier molecular flexibility index (Phi) is 7.09. The fourth-order valence-electron chi connectivity index (χ4n) is 3.74. The molecule has 1 fully saturated rings. The molecule has 5 rings (SSSR count). The van der Waals surface area contributed by atoms with Gasteiger partial charge in [-0.1, -0.05) is 24.3 Å². The maximum absolute atomic E-state index is 12.7. The van der Waals surface area contributed by atoms with E-state index in [4.69, 9.17) is 14.6 Å². The molecule has 3 aromatic heterocycles. The molecule has 0 aliphatic carbocycles. The third kappa shape index (κ3) is 4.73. The molecule has 174 valence electrons. The highest BCUT2D eigenvalue weighted by atomic mass is 32.1. The minimum atomic E-state index is -0.0603. The van der Waals surface area contributed by atoms with Crippen molar-refractivity contribution in [2.75, 3.05) is 31.1 Å². The Hall–Kier alpha value is -3.89. The van der Waals surface area contributed by atoms with Crippen LogP contribution >= 0.6 is 11.3 Å². The number of carbonyl (C=O) groups excluding carboxylic acids is 1. The quantitative estimate of drug-likeness (QED) is 0.304. The minimum absolute atomic E-state index is 0.0603. The molecule has 0 spiro atoms. The number of aryl methyl sites for hydroxylation is 1. The van der Waals surface area contributed by atoms with Crippen LogP contribution in [0.5, 0.6) is 0 Å². The van der Waals surface area contributed by atoms with Gasteiger partial charge < -0.3 is 20.4 Å². The molecular formula is C24H24N6O3S. The summed E-state index contributed by atoms with van der Waals surface area (Å²) in [7, 11) is 0. The van der Waals surface area contributed by atoms with Gasteiger partial charge in [0.05, 0.1) is 17.0 Å². The van der Waals surface area contributed by atoms with Crippen LogP contribution in [-0.4, -0.2) is 48.3 Å². The molecule has 1 aromatic carbocycles. The van der Waals surface area contributed by atoms with Crippen LogP contribution in [0.2, 0.25) is 0 Å². The number of nitrogens with two attached hydrogens (primary N) is 1. The highest BCUT2D eigenvalue weighted by Crippen LogP contribution is 2.33. The first-order chi connectivity index (χ1) is 16.5. The van der Waals surface area contributed by atoms with Crippen molar-refractivity contribution in [3.05, 3.63) is 75.0 Å². The summed E-state index contributed by atoms with van der Waals surface area (Å²) in [4.78, 5) is 32.4. The van der Waals surface area contributed by atoms with E-state index in [2.05, 4.69) is 25.9 Å². The Morgan fingerprint density at radius 1 is 1.26 bits per heavy atom. The maximum Gasteiger partial charge on any atom is 0.204 e. The van der Waals surface area contributed by atoms with Crippen molar-refractivity contribution in [3.8, 4) is 11.4 Å². The van der Waals surface area contributed by atoms with E-state index in [0.717, 1.165) is 37.3 Å². The van der Waals surface area contributed by atoms with Gasteiger partial charge in [-0.05, 0) is 18.6 Å². The Bertz CT molecular complexity index is 1390. The van der Waals surface area contributed by atoms with Crippen molar-refractivity contribution in [3.63, 3.8) is 0 Å². The van der Waals surface area contributed by atoms with Crippen molar-refractivity contribution in [2.24, 2.45) is 5.73 Å². The first-order valence-corrected chi connectivity index (χ1v) is 11.6. The molecule has 1 amide bonds. The molecule has 34 heavy (non-hydrogen) atoms. The largest absolute Gasteiger partial charge is 0.439 e. The number of nitrogens with one attached hydrogen (secondary N) is 2. The average molecular weight is 477 g/mol. The van der Waals surface area contributed by atoms with Crippen molar-refractivity contribution in [2.45, 2.75) is 6.92 Å². The Balaban J connectivity index is 0.000000868. The van der Waals surface area contributed by atoms with Gasteiger partial charge in [-0.15, -0.1) is 11.3 Å². The topological polar surface area (TPSA) is 138 Å². The number of piperazine rings is 1. The second-order valence-corrected chi connectivity index (χ2v) is 8.46. The van der Waals surface area contributed by atoms with E-state index in [1.807, 2.05) is 36.6 Å². The molecule has 4 aromatic rings. The van der Waals surface area contributed by atoms with E-state index in [9.17, 15) is 4.79 Å². The van der Waals surface area contributed by atoms with E-state index in [-0.39, 0.29) is 11.8 Å². The number of aromatic nitrogens is 2. The summed E-state index contributed by atoms with van der Waals surface area (Å²) >= 11 is 1.33. The molecular weight excluding hydrogens is 452 g/mol. The number of nitrogens with zero attached hydrogens (tertiary/aromatic N) is 3. The highest BCUT2D eigenvalue weighted by Gasteiger charge is 2.20. The van der Waals surface area contributed by atoms with Gasteiger partial charge in [0.1, 0.15) is 4.70 Å². The van der Waals surface area contributed by atoms with Gasteiger partial charge >= 0.3 is 0 Å². The maximum atomic E-state index is 12.7. The smallest absolute Gasteiger partial charge is 0.204 e. The van der Waals surface area contributed by atoms with Gasteiger partial charge in [-0.2, -0.15) is 0 Å². The van der Waals surface area contributed by atoms with Gasteiger partial charge in [0.2, 0.25) is 11.8 Å². The molecule has 4 N–H and O–H groups in total. The number of primary amides is 1. The number of rotatable bonds is 4. The van der Waals surface area contributed by atoms with Crippen LogP contribution in [0.3, 0.4) is 0 Å². The highest BCUT2D eigenvalue weighted by molar-refractivity contribution is 7.17. The molecule has 1 aliphatic rings. The third-order valence-electron chi connectivity index (χ3n) is 5.43. The second-order valence-electron chi connectivity index (χ2n) is 7.59. The fraction of sp³-hybridized carbons (Fsp3) is 0.208. The van der Waals surface area contributed by atoms with Gasteiger partial charge in [0.25, 0.3) is 0 Å². The molecule has 0 bridgehead atoms. The summed E-state index contributed by atoms with van der Waals surface area (Å²) in [5.41, 5.74) is 7.99. The van der Waals surface area contributed by atoms with Gasteiger partial charge in [-0.3, -0.25) is 15.0 Å². The molecule has 0 unspecified atom stereocenters. The van der Waals surface area contributed by atoms with Crippen molar-refractivity contribution in [1.29, 1.82) is 5.41 Å². The lowest BCUT2D eigenvalue weighted by atomic mass is 10.0. The zero-order chi connectivity index (χ0) is 24.1. The van der Waals surface area contributed by atoms with Crippen LogP contribution in [-0.2, 0) is 4.79 Å². The predicted molar refractivity (Wildman–Crippen MR) is 134 cm³/mol. The Labute approximate surface area is 199 Å². The molecule has 10 heteroatoms. The van der Waals surface area contributed by atoms with Crippen LogP contribution in [0.15, 0.2) is 57.2 Å². The molecule has 9 nitrogen and oxygen atoms in total. The van der Waals surface area contributed by atoms with Crippen LogP contribution in [0.1, 0.15) is 16.8 Å². The SMILES string of the molecule is Cc1ccccc1C(=N)c1ccnc(-c2csc3c(=O)cc(N4CCNCC4)oc23)n1.NC=O. The summed E-state index contributed by atoms with van der Waals surface area (Å²) in [6.45, 7) is 5.25. The number of carbonyl (C=O) groups is 1. The number of thiophene rings is 1. The number of fused-ring (bicyclic) bond motifs is 1. The number of anilines is 1. The van der Waals surface area contributed by atoms with Crippen LogP contribution < -0.4 is 21.4 Å². The predicted octanol–water partition coefficient (Wildman–Crippen LogP) is 2.55. The summed E-state index contributed by atoms with van der Waals surface area (Å²) in [6, 6.07) is 11.1. The fourth-order valence-corrected chi connectivity index (χ4v) is 4.63.